The van der Waals surface area contributed by atoms with Crippen molar-refractivity contribution in [2.24, 2.45) is 5.92 Å². The first-order chi connectivity index (χ1) is 15.5. The highest BCUT2D eigenvalue weighted by Crippen LogP contribution is 2.68. The third kappa shape index (κ3) is 7.05. The molecule has 0 atom stereocenters. The number of hydrogen-bond acceptors (Lipinski definition) is 0. The lowest BCUT2D eigenvalue weighted by Gasteiger charge is -2.46. The smallest absolute Gasteiger partial charge is 0.0943 e. The van der Waals surface area contributed by atoms with Crippen LogP contribution in [0.15, 0.2) is 18.2 Å². The molecule has 0 saturated carbocycles. The fraction of sp³-hybridized carbons (Fsp3) is 0.667. The van der Waals surface area contributed by atoms with Crippen molar-refractivity contribution in [3.05, 3.63) is 34.9 Å². The Bertz CT molecular complexity index is 934. The van der Waals surface area contributed by atoms with E-state index in [1.54, 1.807) is 0 Å². The van der Waals surface area contributed by atoms with Crippen molar-refractivity contribution in [1.82, 2.24) is 0 Å². The zero-order chi connectivity index (χ0) is 29.1. The quantitative estimate of drug-likeness (QED) is 0.228. The predicted octanol–water partition coefficient (Wildman–Crippen LogP) is 13.6. The zero-order valence-corrected chi connectivity index (χ0v) is 30.9. The fourth-order valence-corrected chi connectivity index (χ4v) is 7.31. The number of hydrogen-bond donors (Lipinski definition) is 0. The van der Waals surface area contributed by atoms with Crippen molar-refractivity contribution in [3.8, 4) is 0 Å². The van der Waals surface area contributed by atoms with E-state index in [1.807, 2.05) is 13.8 Å². The third-order valence-electron chi connectivity index (χ3n) is 4.73. The van der Waals surface area contributed by atoms with Gasteiger partial charge in [0.15, 0.2) is 17.3 Å². The summed E-state index contributed by atoms with van der Waals surface area (Å²) in [7, 11) is 0. The van der Waals surface area contributed by atoms with Gasteiger partial charge in [-0.1, -0.05) is 235 Å². The average Bonchev–Trinajstić information content (AvgIpc) is 2.65. The Hall–Kier alpha value is 4.44. The maximum Gasteiger partial charge on any atom is 0.226 e. The first kappa shape index (κ1) is 38.5. The highest BCUT2D eigenvalue weighted by molar-refractivity contribution is 6.81. The molecule has 0 N–H and O–H groups in total. The van der Waals surface area contributed by atoms with Gasteiger partial charge in [0.25, 0.3) is 0 Å². The van der Waals surface area contributed by atoms with E-state index in [4.69, 9.17) is 209 Å². The van der Waals surface area contributed by atoms with E-state index in [0.29, 0.717) is 12.0 Å². The molecule has 0 bridgehead atoms. The van der Waals surface area contributed by atoms with Gasteiger partial charge in [-0.2, -0.15) is 0 Å². The minimum atomic E-state index is -2.58. The van der Waals surface area contributed by atoms with Crippen LogP contribution in [0, 0.1) is 5.92 Å². The normalized spacial score (nSPS) is 15.6. The van der Waals surface area contributed by atoms with Crippen molar-refractivity contribution in [2.45, 2.75) is 53.9 Å². The third-order valence-corrected chi connectivity index (χ3v) is 15.7. The van der Waals surface area contributed by atoms with Gasteiger partial charge in [-0.15, -0.1) is 0 Å². The minimum Gasteiger partial charge on any atom is -0.0943 e. The maximum absolute atomic E-state index is 6.72. The van der Waals surface area contributed by atoms with Gasteiger partial charge >= 0.3 is 0 Å². The second-order valence-corrected chi connectivity index (χ2v) is 20.4. The molecule has 1 aromatic rings. The topological polar surface area (TPSA) is 0 Å². The van der Waals surface area contributed by atoms with Gasteiger partial charge < -0.3 is 0 Å². The highest BCUT2D eigenvalue weighted by Gasteiger charge is 2.70. The maximum atomic E-state index is 6.72. The molecule has 0 spiro atoms. The Kier molecular flexibility index (Phi) is 13.3. The Morgan fingerprint density at radius 3 is 1.22 bits per heavy atom. The van der Waals surface area contributed by atoms with Crippen LogP contribution in [-0.4, -0.2) is 24.9 Å². The van der Waals surface area contributed by atoms with E-state index in [-0.39, 0.29) is 17.0 Å². The van der Waals surface area contributed by atoms with E-state index >= 15 is 0 Å². The van der Waals surface area contributed by atoms with Crippen molar-refractivity contribution in [3.63, 3.8) is 0 Å². The standard InChI is InChI=1S/C18H12Cl18/c1-7(2)5-8-3-4-9(11(19,20)13(23,24)15(27,28)17(31,32)33)6-10(8)12(21,22)14(25,26)16(29,30)18(34,35)36/h3-4,6-7H,5H2,1-2H3. The first-order valence-corrected chi connectivity index (χ1v) is 15.9. The second-order valence-electron chi connectivity index (χ2n) is 7.91. The molecule has 0 unspecified atom stereocenters. The van der Waals surface area contributed by atoms with E-state index in [2.05, 4.69) is 0 Å². The molecule has 0 amide bonds. The lowest BCUT2D eigenvalue weighted by molar-refractivity contribution is 0.578. The van der Waals surface area contributed by atoms with Crippen LogP contribution in [0.5, 0.6) is 0 Å². The Morgan fingerprint density at radius 2 is 0.889 bits per heavy atom. The molecule has 0 aliphatic rings. The molecule has 0 heterocycles. The molecular weight excluding hydrogens is 854 g/mol. The van der Waals surface area contributed by atoms with Crippen molar-refractivity contribution in [1.29, 1.82) is 0 Å². The van der Waals surface area contributed by atoms with E-state index in [0.717, 1.165) is 0 Å². The minimum absolute atomic E-state index is 0.000366. The van der Waals surface area contributed by atoms with Crippen LogP contribution in [0.25, 0.3) is 0 Å². The second kappa shape index (κ2) is 12.4. The van der Waals surface area contributed by atoms with Crippen LogP contribution in [0.2, 0.25) is 0 Å². The molecule has 0 aliphatic carbocycles. The summed E-state index contributed by atoms with van der Waals surface area (Å²) in [6, 6.07) is 4.23. The molecule has 36 heavy (non-hydrogen) atoms. The molecular formula is C18H12Cl18. The summed E-state index contributed by atoms with van der Waals surface area (Å²) in [5.74, 6) is 0.0725. The summed E-state index contributed by atoms with van der Waals surface area (Å²) in [6.07, 6.45) is 0.388. The molecule has 0 saturated heterocycles. The molecule has 0 aliphatic heterocycles. The van der Waals surface area contributed by atoms with Crippen molar-refractivity contribution in [2.75, 3.05) is 0 Å². The lowest BCUT2D eigenvalue weighted by atomic mass is 9.90. The van der Waals surface area contributed by atoms with E-state index < -0.39 is 33.6 Å². The van der Waals surface area contributed by atoms with Gasteiger partial charge in [0.1, 0.15) is 0 Å². The monoisotopic (exact) mass is 858 g/mol. The Labute approximate surface area is 299 Å². The molecule has 0 aromatic heterocycles. The molecule has 1 aromatic carbocycles. The highest BCUT2D eigenvalue weighted by atomic mass is 35.6. The SMILES string of the molecule is CC(C)Cc1ccc(C(Cl)(Cl)C(Cl)(Cl)C(Cl)(Cl)C(Cl)(Cl)Cl)cc1C(Cl)(Cl)C(Cl)(Cl)C(Cl)(Cl)C(Cl)(Cl)Cl. The van der Waals surface area contributed by atoms with Gasteiger partial charge in [-0.25, -0.2) is 0 Å². The van der Waals surface area contributed by atoms with Gasteiger partial charge in [0, 0.05) is 0 Å². The average molecular weight is 866 g/mol. The van der Waals surface area contributed by atoms with Gasteiger partial charge in [0.2, 0.25) is 16.3 Å². The van der Waals surface area contributed by atoms with Crippen LogP contribution in [-0.2, 0) is 15.1 Å². The van der Waals surface area contributed by atoms with Crippen molar-refractivity contribution < 1.29 is 0 Å². The van der Waals surface area contributed by atoms with Crippen LogP contribution >= 0.6 is 209 Å². The Morgan fingerprint density at radius 1 is 0.528 bits per heavy atom. The molecule has 210 valence electrons. The van der Waals surface area contributed by atoms with Gasteiger partial charge in [0.05, 0.1) is 0 Å². The van der Waals surface area contributed by atoms with Crippen LogP contribution in [0.4, 0.5) is 0 Å². The summed E-state index contributed by atoms with van der Waals surface area (Å²) in [5.41, 5.74) is 0.429. The van der Waals surface area contributed by atoms with Crippen LogP contribution in [0.1, 0.15) is 30.5 Å². The summed E-state index contributed by atoms with van der Waals surface area (Å²) in [5, 5.41) is 0. The first-order valence-electron chi connectivity index (χ1n) is 9.06. The fourth-order valence-electron chi connectivity index (χ4n) is 2.78. The summed E-state index contributed by atoms with van der Waals surface area (Å²) < 4.78 is -20.0. The van der Waals surface area contributed by atoms with Gasteiger partial charge in [-0.05, 0) is 35.1 Å². The number of benzene rings is 1. The summed E-state index contributed by atoms with van der Waals surface area (Å²) in [4.78, 5) is 0. The molecule has 0 radical (unpaired) electrons. The predicted molar refractivity (Wildman–Crippen MR) is 170 cm³/mol. The number of alkyl halides is 18. The largest absolute Gasteiger partial charge is 0.226 e. The molecule has 1 rings (SSSR count). The van der Waals surface area contributed by atoms with Crippen molar-refractivity contribution >= 4 is 209 Å². The molecule has 0 fully saturated rings. The van der Waals surface area contributed by atoms with Crippen LogP contribution < -0.4 is 0 Å². The van der Waals surface area contributed by atoms with E-state index in [1.165, 1.54) is 18.2 Å². The van der Waals surface area contributed by atoms with Gasteiger partial charge in [-0.3, -0.25) is 0 Å². The summed E-state index contributed by atoms with van der Waals surface area (Å²) >= 11 is 113. The van der Waals surface area contributed by atoms with Crippen LogP contribution in [0.3, 0.4) is 0 Å². The molecule has 0 nitrogen and oxygen atoms in total. The summed E-state index contributed by atoms with van der Waals surface area (Å²) in [6.45, 7) is 3.83. The Balaban J connectivity index is 3.97. The van der Waals surface area contributed by atoms with E-state index in [9.17, 15) is 0 Å². The lowest BCUT2D eigenvalue weighted by Crippen LogP contribution is -2.55. The number of halogens is 18. The number of rotatable bonds is 8. The zero-order valence-electron chi connectivity index (χ0n) is 17.3. The molecule has 18 heteroatoms.